The van der Waals surface area contributed by atoms with E-state index in [4.69, 9.17) is 0 Å². The molecule has 0 amide bonds. The summed E-state index contributed by atoms with van der Waals surface area (Å²) in [4.78, 5) is 0. The number of hydrogen-bond donors (Lipinski definition) is 0. The lowest BCUT2D eigenvalue weighted by molar-refractivity contribution is 0.661. The fourth-order valence-electron chi connectivity index (χ4n) is 5.08. The lowest BCUT2D eigenvalue weighted by Crippen LogP contribution is -2.14. The molecule has 0 nitrogen and oxygen atoms in total. The van der Waals surface area contributed by atoms with E-state index in [9.17, 15) is 0 Å². The van der Waals surface area contributed by atoms with Gasteiger partial charge in [0.25, 0.3) is 0 Å². The number of rotatable bonds is 0. The predicted octanol–water partition coefficient (Wildman–Crippen LogP) is 7.45. The molecule has 0 radical (unpaired) electrons. The van der Waals surface area contributed by atoms with E-state index in [1.54, 1.807) is 0 Å². The van der Waals surface area contributed by atoms with Crippen LogP contribution in [-0.2, 0) is 5.41 Å². The molecule has 6 rings (SSSR count). The highest BCUT2D eigenvalue weighted by molar-refractivity contribution is 6.19. The average molecular weight is 344 g/mol. The molecule has 0 bridgehead atoms. The average Bonchev–Trinajstić information content (AvgIpc) is 2.95. The van der Waals surface area contributed by atoms with Crippen molar-refractivity contribution < 1.29 is 0 Å². The van der Waals surface area contributed by atoms with Crippen LogP contribution in [0.4, 0.5) is 0 Å². The molecule has 0 aromatic heterocycles. The highest BCUT2D eigenvalue weighted by atomic mass is 14.4. The van der Waals surface area contributed by atoms with Gasteiger partial charge in [0.2, 0.25) is 0 Å². The lowest BCUT2D eigenvalue weighted by atomic mass is 9.81. The maximum atomic E-state index is 2.36. The molecule has 1 aliphatic carbocycles. The van der Waals surface area contributed by atoms with Gasteiger partial charge in [0, 0.05) is 5.41 Å². The summed E-state index contributed by atoms with van der Waals surface area (Å²) in [6.07, 6.45) is 0. The summed E-state index contributed by atoms with van der Waals surface area (Å²) in [5.74, 6) is 0. The largest absolute Gasteiger partial charge is 0.0616 e. The van der Waals surface area contributed by atoms with Gasteiger partial charge in [-0.3, -0.25) is 0 Å². The molecule has 0 heterocycles. The van der Waals surface area contributed by atoms with Gasteiger partial charge in [-0.1, -0.05) is 98.8 Å². The molecule has 0 heteroatoms. The Kier molecular flexibility index (Phi) is 2.77. The molecule has 0 atom stereocenters. The van der Waals surface area contributed by atoms with E-state index in [1.807, 2.05) is 0 Å². The first-order valence-corrected chi connectivity index (χ1v) is 9.64. The van der Waals surface area contributed by atoms with Crippen LogP contribution < -0.4 is 0 Å². The number of hydrogen-bond acceptors (Lipinski definition) is 0. The third kappa shape index (κ3) is 1.83. The summed E-state index contributed by atoms with van der Waals surface area (Å²) in [7, 11) is 0. The van der Waals surface area contributed by atoms with E-state index in [-0.39, 0.29) is 5.41 Å². The second-order valence-corrected chi connectivity index (χ2v) is 8.21. The third-order valence-electron chi connectivity index (χ3n) is 6.44. The minimum atomic E-state index is 0.0137. The van der Waals surface area contributed by atoms with Crippen molar-refractivity contribution >= 4 is 32.3 Å². The van der Waals surface area contributed by atoms with Crippen LogP contribution in [0.2, 0.25) is 0 Å². The first-order chi connectivity index (χ1) is 13.2. The minimum absolute atomic E-state index is 0.0137. The van der Waals surface area contributed by atoms with Crippen molar-refractivity contribution in [1.29, 1.82) is 0 Å². The molecule has 0 saturated heterocycles. The highest BCUT2D eigenvalue weighted by Crippen LogP contribution is 2.54. The Morgan fingerprint density at radius 3 is 1.78 bits per heavy atom. The van der Waals surface area contributed by atoms with Crippen molar-refractivity contribution in [3.05, 3.63) is 96.1 Å². The van der Waals surface area contributed by atoms with Crippen LogP contribution in [0.15, 0.2) is 84.9 Å². The molecule has 0 spiro atoms. The normalized spacial score (nSPS) is 14.6. The van der Waals surface area contributed by atoms with E-state index >= 15 is 0 Å². The van der Waals surface area contributed by atoms with Gasteiger partial charge < -0.3 is 0 Å². The van der Waals surface area contributed by atoms with E-state index in [0.29, 0.717) is 0 Å². The fraction of sp³-hybridized carbons (Fsp3) is 0.111. The number of benzene rings is 5. The summed E-state index contributed by atoms with van der Waals surface area (Å²) in [6, 6.07) is 31.4. The zero-order chi connectivity index (χ0) is 18.2. The van der Waals surface area contributed by atoms with Crippen LogP contribution in [0.25, 0.3) is 43.4 Å². The summed E-state index contributed by atoms with van der Waals surface area (Å²) in [6.45, 7) is 4.73. The topological polar surface area (TPSA) is 0 Å². The molecule has 128 valence electrons. The van der Waals surface area contributed by atoms with Crippen molar-refractivity contribution in [1.82, 2.24) is 0 Å². The van der Waals surface area contributed by atoms with Crippen LogP contribution in [0.3, 0.4) is 0 Å². The second kappa shape index (κ2) is 4.98. The Hall–Kier alpha value is -3.12. The van der Waals surface area contributed by atoms with Gasteiger partial charge in [0.05, 0.1) is 0 Å². The zero-order valence-electron chi connectivity index (χ0n) is 15.6. The van der Waals surface area contributed by atoms with Crippen LogP contribution in [-0.4, -0.2) is 0 Å². The van der Waals surface area contributed by atoms with Crippen molar-refractivity contribution in [3.63, 3.8) is 0 Å². The van der Waals surface area contributed by atoms with Crippen molar-refractivity contribution in [2.75, 3.05) is 0 Å². The lowest BCUT2D eigenvalue weighted by Gasteiger charge is -2.21. The molecule has 27 heavy (non-hydrogen) atoms. The maximum Gasteiger partial charge on any atom is 0.0159 e. The van der Waals surface area contributed by atoms with Crippen LogP contribution in [0.5, 0.6) is 0 Å². The summed E-state index contributed by atoms with van der Waals surface area (Å²) >= 11 is 0. The molecular formula is C27H20. The molecule has 0 unspecified atom stereocenters. The summed E-state index contributed by atoms with van der Waals surface area (Å²) < 4.78 is 0. The Labute approximate surface area is 159 Å². The van der Waals surface area contributed by atoms with Gasteiger partial charge in [-0.25, -0.2) is 0 Å². The van der Waals surface area contributed by atoms with Crippen LogP contribution in [0, 0.1) is 0 Å². The van der Waals surface area contributed by atoms with Crippen molar-refractivity contribution in [2.45, 2.75) is 19.3 Å². The molecule has 0 fully saturated rings. The monoisotopic (exact) mass is 344 g/mol. The van der Waals surface area contributed by atoms with Crippen molar-refractivity contribution in [3.8, 4) is 11.1 Å². The molecule has 0 N–H and O–H groups in total. The second-order valence-electron chi connectivity index (χ2n) is 8.21. The first kappa shape index (κ1) is 15.0. The van der Waals surface area contributed by atoms with Gasteiger partial charge in [0.1, 0.15) is 0 Å². The predicted molar refractivity (Wildman–Crippen MR) is 117 cm³/mol. The smallest absolute Gasteiger partial charge is 0.0159 e. The fourth-order valence-corrected chi connectivity index (χ4v) is 5.08. The Balaban J connectivity index is 1.92. The maximum absolute atomic E-state index is 2.36. The van der Waals surface area contributed by atoms with E-state index in [2.05, 4.69) is 98.8 Å². The van der Waals surface area contributed by atoms with Gasteiger partial charge >= 0.3 is 0 Å². The number of fused-ring (bicyclic) bond motifs is 9. The van der Waals surface area contributed by atoms with E-state index < -0.39 is 0 Å². The van der Waals surface area contributed by atoms with Gasteiger partial charge in [0.15, 0.2) is 0 Å². The Morgan fingerprint density at radius 2 is 1.00 bits per heavy atom. The zero-order valence-corrected chi connectivity index (χ0v) is 15.6. The van der Waals surface area contributed by atoms with Crippen LogP contribution in [0.1, 0.15) is 25.0 Å². The molecule has 0 aliphatic heterocycles. The van der Waals surface area contributed by atoms with E-state index in [0.717, 1.165) is 0 Å². The van der Waals surface area contributed by atoms with Crippen LogP contribution >= 0.6 is 0 Å². The minimum Gasteiger partial charge on any atom is -0.0616 e. The quantitative estimate of drug-likeness (QED) is 0.256. The van der Waals surface area contributed by atoms with E-state index in [1.165, 1.54) is 54.6 Å². The van der Waals surface area contributed by atoms with Gasteiger partial charge in [-0.05, 0) is 54.6 Å². The van der Waals surface area contributed by atoms with Gasteiger partial charge in [-0.15, -0.1) is 0 Å². The highest BCUT2D eigenvalue weighted by Gasteiger charge is 2.37. The SMILES string of the molecule is CC1(C)c2ccc3ccccc3c2-c2c1ccc1ccc3ccccc3c21. The molecule has 0 saturated carbocycles. The first-order valence-electron chi connectivity index (χ1n) is 9.64. The Bertz CT molecular complexity index is 1390. The molecule has 5 aromatic rings. The van der Waals surface area contributed by atoms with Gasteiger partial charge in [-0.2, -0.15) is 0 Å². The molecular weight excluding hydrogens is 324 g/mol. The Morgan fingerprint density at radius 1 is 0.481 bits per heavy atom. The molecule has 5 aromatic carbocycles. The third-order valence-corrected chi connectivity index (χ3v) is 6.44. The molecule has 1 aliphatic rings. The standard InChI is InChI=1S/C27H20/c1-27(2)22-15-13-18-8-4-6-10-21(18)25(22)26-23(27)16-14-19-12-11-17-7-3-5-9-20(17)24(19)26/h3-16H,1-2H3. The van der Waals surface area contributed by atoms with Crippen molar-refractivity contribution in [2.24, 2.45) is 0 Å². The summed E-state index contributed by atoms with van der Waals surface area (Å²) in [5.41, 5.74) is 5.75. The summed E-state index contributed by atoms with van der Waals surface area (Å²) in [5, 5.41) is 8.06.